The van der Waals surface area contributed by atoms with Gasteiger partial charge in [-0.1, -0.05) is 23.4 Å². The van der Waals surface area contributed by atoms with Crippen LogP contribution >= 0.6 is 11.6 Å². The molecule has 0 saturated carbocycles. The number of ketones is 1. The number of Topliss-reactive ketones (excluding diaryl/α,β-unsaturated/α-hetero) is 1. The molecule has 7 nitrogen and oxygen atoms in total. The van der Waals surface area contributed by atoms with E-state index in [1.807, 2.05) is 0 Å². The number of rotatable bonds is 3. The van der Waals surface area contributed by atoms with E-state index in [0.29, 0.717) is 46.4 Å². The summed E-state index contributed by atoms with van der Waals surface area (Å²) in [4.78, 5) is 16.6. The largest absolute Gasteiger partial charge is 0.872 e. The van der Waals surface area contributed by atoms with E-state index < -0.39 is 0 Å². The van der Waals surface area contributed by atoms with Crippen molar-refractivity contribution in [3.8, 4) is 17.2 Å². The first-order chi connectivity index (χ1) is 15.0. The third kappa shape index (κ3) is 3.90. The van der Waals surface area contributed by atoms with Crippen LogP contribution in [0.4, 0.5) is 0 Å². The van der Waals surface area contributed by atoms with Crippen LogP contribution in [-0.2, 0) is 17.9 Å². The molecule has 1 fully saturated rings. The zero-order valence-corrected chi connectivity index (χ0v) is 18.0. The molecule has 3 aliphatic heterocycles. The van der Waals surface area contributed by atoms with Crippen LogP contribution in [-0.4, -0.2) is 50.7 Å². The molecular formula is C23H23ClN2O5. The van der Waals surface area contributed by atoms with Gasteiger partial charge in [0.05, 0.1) is 25.3 Å². The summed E-state index contributed by atoms with van der Waals surface area (Å²) in [5, 5.41) is 13.2. The summed E-state index contributed by atoms with van der Waals surface area (Å²) >= 11 is 6.24. The number of allylic oxidation sites excluding steroid dienone is 1. The summed E-state index contributed by atoms with van der Waals surface area (Å²) < 4.78 is 16.9. The van der Waals surface area contributed by atoms with Gasteiger partial charge in [-0.05, 0) is 31.3 Å². The van der Waals surface area contributed by atoms with Crippen LogP contribution < -0.4 is 19.5 Å². The van der Waals surface area contributed by atoms with Gasteiger partial charge in [-0.3, -0.25) is 9.69 Å². The number of halogens is 1. The van der Waals surface area contributed by atoms with Crippen LogP contribution in [0.15, 0.2) is 30.0 Å². The molecule has 1 N–H and O–H groups in total. The summed E-state index contributed by atoms with van der Waals surface area (Å²) in [5.41, 5.74) is 2.45. The molecule has 2 aromatic carbocycles. The minimum Gasteiger partial charge on any atom is -0.872 e. The van der Waals surface area contributed by atoms with Crippen molar-refractivity contribution in [3.63, 3.8) is 0 Å². The molecule has 0 unspecified atom stereocenters. The summed E-state index contributed by atoms with van der Waals surface area (Å²) in [6.07, 6.45) is 1.63. The highest BCUT2D eigenvalue weighted by Crippen LogP contribution is 2.40. The van der Waals surface area contributed by atoms with Crippen molar-refractivity contribution < 1.29 is 29.0 Å². The number of carbonyl (C=O) groups excluding carboxylic acids is 1. The van der Waals surface area contributed by atoms with Crippen molar-refractivity contribution in [2.75, 3.05) is 40.0 Å². The first kappa shape index (κ1) is 20.3. The lowest BCUT2D eigenvalue weighted by molar-refractivity contribution is -0.918. The molecule has 3 aliphatic rings. The molecular weight excluding hydrogens is 420 g/mol. The Balaban J connectivity index is 1.47. The van der Waals surface area contributed by atoms with E-state index in [2.05, 4.69) is 11.9 Å². The van der Waals surface area contributed by atoms with Crippen molar-refractivity contribution >= 4 is 23.5 Å². The number of fused-ring (bicyclic) bond motifs is 2. The van der Waals surface area contributed by atoms with E-state index in [1.54, 1.807) is 24.3 Å². The molecule has 31 heavy (non-hydrogen) atoms. The normalized spacial score (nSPS) is 20.3. The fraction of sp³-hybridized carbons (Fsp3) is 0.348. The van der Waals surface area contributed by atoms with Gasteiger partial charge in [0.1, 0.15) is 18.0 Å². The highest BCUT2D eigenvalue weighted by Gasteiger charge is 2.32. The summed E-state index contributed by atoms with van der Waals surface area (Å²) in [5.74, 6) is 0.831. The van der Waals surface area contributed by atoms with Gasteiger partial charge in [-0.25, -0.2) is 0 Å². The van der Waals surface area contributed by atoms with Crippen LogP contribution in [0.2, 0.25) is 5.02 Å². The van der Waals surface area contributed by atoms with Crippen LogP contribution in [0.3, 0.4) is 0 Å². The van der Waals surface area contributed by atoms with Gasteiger partial charge in [0.25, 0.3) is 0 Å². The number of likely N-dealkylation sites (N-methyl/N-ethyl adjacent to an activating group) is 1. The van der Waals surface area contributed by atoms with Crippen molar-refractivity contribution in [2.24, 2.45) is 0 Å². The maximum absolute atomic E-state index is 13.0. The maximum atomic E-state index is 13.0. The standard InChI is InChI=1S/C23H23ClN2O5/c1-25-4-6-26(7-5-25)11-18-19(27)3-2-17-21(28)20(31-23(17)18)10-14-8-16(24)9-15-12-29-13-30-22(14)15/h2-3,8-10,27H,4-7,11-13H2,1H3/b20-10-. The van der Waals surface area contributed by atoms with Crippen LogP contribution in [0.1, 0.15) is 27.0 Å². The number of quaternary nitrogens is 1. The minimum absolute atomic E-state index is 0.0974. The Bertz CT molecular complexity index is 1080. The minimum atomic E-state index is -0.245. The van der Waals surface area contributed by atoms with E-state index in [9.17, 15) is 9.90 Å². The van der Waals surface area contributed by atoms with E-state index in [-0.39, 0.29) is 24.1 Å². The third-order valence-electron chi connectivity index (χ3n) is 6.01. The van der Waals surface area contributed by atoms with E-state index in [1.165, 1.54) is 11.0 Å². The number of benzene rings is 2. The highest BCUT2D eigenvalue weighted by atomic mass is 35.5. The van der Waals surface area contributed by atoms with E-state index >= 15 is 0 Å². The molecule has 162 valence electrons. The second kappa shape index (κ2) is 8.16. The maximum Gasteiger partial charge on any atom is 0.231 e. The van der Waals surface area contributed by atoms with Crippen LogP contribution in [0, 0.1) is 0 Å². The predicted molar refractivity (Wildman–Crippen MR) is 112 cm³/mol. The average Bonchev–Trinajstić information content (AvgIpc) is 3.07. The number of ether oxygens (including phenoxy) is 3. The summed E-state index contributed by atoms with van der Waals surface area (Å²) in [7, 11) is 2.10. The zero-order chi connectivity index (χ0) is 21.5. The number of nitrogens with one attached hydrogen (secondary N) is 1. The SMILES string of the molecule is CN1CC[NH+](Cc2c([O-])ccc3c2O/C(=C\c2cc(Cl)cc4c2OCOC4)C3=O)CC1. The first-order valence-electron chi connectivity index (χ1n) is 10.3. The zero-order valence-electron chi connectivity index (χ0n) is 17.2. The second-order valence-electron chi connectivity index (χ2n) is 8.18. The molecule has 0 bridgehead atoms. The van der Waals surface area contributed by atoms with Gasteiger partial charge in [0.2, 0.25) is 5.78 Å². The Morgan fingerprint density at radius 1 is 1.23 bits per heavy atom. The molecule has 5 rings (SSSR count). The Hall–Kier alpha value is -2.58. The Kier molecular flexibility index (Phi) is 5.35. The molecule has 1 saturated heterocycles. The smallest absolute Gasteiger partial charge is 0.231 e. The number of nitrogens with zero attached hydrogens (tertiary/aromatic N) is 1. The fourth-order valence-corrected chi connectivity index (χ4v) is 4.52. The topological polar surface area (TPSA) is 75.5 Å². The van der Waals surface area contributed by atoms with Crippen LogP contribution in [0.5, 0.6) is 17.2 Å². The first-order valence-corrected chi connectivity index (χ1v) is 10.7. The van der Waals surface area contributed by atoms with E-state index in [0.717, 1.165) is 31.7 Å². The molecule has 2 aromatic rings. The fourth-order valence-electron chi connectivity index (χ4n) is 4.28. The number of piperazine rings is 1. The molecule has 0 amide bonds. The Labute approximate surface area is 185 Å². The van der Waals surface area contributed by atoms with Gasteiger partial charge in [-0.2, -0.15) is 0 Å². The Morgan fingerprint density at radius 3 is 2.84 bits per heavy atom. The van der Waals surface area contributed by atoms with Gasteiger partial charge in [-0.15, -0.1) is 0 Å². The molecule has 0 radical (unpaired) electrons. The lowest BCUT2D eigenvalue weighted by atomic mass is 10.0. The molecule has 0 spiro atoms. The van der Waals surface area contributed by atoms with Crippen LogP contribution in [0.25, 0.3) is 6.08 Å². The van der Waals surface area contributed by atoms with Gasteiger partial charge in [0, 0.05) is 34.8 Å². The van der Waals surface area contributed by atoms with Gasteiger partial charge < -0.3 is 24.2 Å². The van der Waals surface area contributed by atoms with Crippen molar-refractivity contribution in [1.29, 1.82) is 0 Å². The third-order valence-corrected chi connectivity index (χ3v) is 6.23. The average molecular weight is 443 g/mol. The van der Waals surface area contributed by atoms with Crippen molar-refractivity contribution in [2.45, 2.75) is 13.2 Å². The lowest BCUT2D eigenvalue weighted by Crippen LogP contribution is -3.13. The van der Waals surface area contributed by atoms with E-state index in [4.69, 9.17) is 25.8 Å². The molecule has 3 heterocycles. The molecule has 0 aromatic heterocycles. The highest BCUT2D eigenvalue weighted by molar-refractivity contribution is 6.31. The number of carbonyl (C=O) groups is 1. The quantitative estimate of drug-likeness (QED) is 0.721. The molecule has 0 atom stereocenters. The predicted octanol–water partition coefficient (Wildman–Crippen LogP) is 1.23. The van der Waals surface area contributed by atoms with Gasteiger partial charge in [0.15, 0.2) is 12.6 Å². The molecule has 8 heteroatoms. The molecule has 0 aliphatic carbocycles. The van der Waals surface area contributed by atoms with Crippen molar-refractivity contribution in [1.82, 2.24) is 4.90 Å². The monoisotopic (exact) mass is 442 g/mol. The summed E-state index contributed by atoms with van der Waals surface area (Å²) in [6, 6.07) is 6.54. The number of hydrogen-bond donors (Lipinski definition) is 1. The van der Waals surface area contributed by atoms with Gasteiger partial charge >= 0.3 is 0 Å². The Morgan fingerprint density at radius 2 is 2.03 bits per heavy atom. The summed E-state index contributed by atoms with van der Waals surface area (Å²) in [6.45, 7) is 4.92. The number of hydrogen-bond acceptors (Lipinski definition) is 6. The second-order valence-corrected chi connectivity index (χ2v) is 8.62. The van der Waals surface area contributed by atoms with Crippen molar-refractivity contribution in [3.05, 3.63) is 57.3 Å². The lowest BCUT2D eigenvalue weighted by Gasteiger charge is -2.30.